The molecule has 0 saturated carbocycles. The first kappa shape index (κ1) is 9.85. The van der Waals surface area contributed by atoms with Crippen LogP contribution in [0.3, 0.4) is 0 Å². The molecular formula is C6H18N6. The molecule has 1 heterocycles. The van der Waals surface area contributed by atoms with E-state index >= 15 is 0 Å². The Kier molecular flexibility index (Phi) is 3.86. The van der Waals surface area contributed by atoms with Crippen molar-refractivity contribution in [2.24, 2.45) is 17.2 Å². The van der Waals surface area contributed by atoms with Crippen molar-refractivity contribution in [1.82, 2.24) is 14.7 Å². The Bertz CT molecular complexity index is 99.4. The highest BCUT2D eigenvalue weighted by Gasteiger charge is 2.19. The lowest BCUT2D eigenvalue weighted by Gasteiger charge is -2.40. The fourth-order valence-electron chi connectivity index (χ4n) is 1.33. The highest BCUT2D eigenvalue weighted by molar-refractivity contribution is 4.65. The molecule has 1 aliphatic rings. The van der Waals surface area contributed by atoms with Crippen LogP contribution < -0.4 is 17.2 Å². The molecule has 6 nitrogen and oxygen atoms in total. The fraction of sp³-hybridized carbons (Fsp3) is 1.00. The predicted octanol–water partition coefficient (Wildman–Crippen LogP) is -2.47. The molecule has 72 valence electrons. The molecule has 0 aromatic rings. The SMILES string of the molecule is NCN1CN(CN)CN(CN)C1. The topological polar surface area (TPSA) is 87.8 Å². The van der Waals surface area contributed by atoms with Crippen molar-refractivity contribution >= 4 is 0 Å². The second-order valence-corrected chi connectivity index (χ2v) is 2.98. The summed E-state index contributed by atoms with van der Waals surface area (Å²) in [7, 11) is 0. The third-order valence-corrected chi connectivity index (χ3v) is 1.97. The number of nitrogens with two attached hydrogens (primary N) is 3. The van der Waals surface area contributed by atoms with Gasteiger partial charge in [0.1, 0.15) is 0 Å². The molecule has 0 bridgehead atoms. The predicted molar refractivity (Wildman–Crippen MR) is 47.3 cm³/mol. The maximum atomic E-state index is 5.53. The van der Waals surface area contributed by atoms with Crippen LogP contribution in [0.4, 0.5) is 0 Å². The summed E-state index contributed by atoms with van der Waals surface area (Å²) >= 11 is 0. The molecule has 0 aromatic heterocycles. The molecule has 0 radical (unpaired) electrons. The van der Waals surface area contributed by atoms with Crippen LogP contribution in [0.25, 0.3) is 0 Å². The van der Waals surface area contributed by atoms with Crippen LogP contribution in [0.1, 0.15) is 0 Å². The van der Waals surface area contributed by atoms with Gasteiger partial charge in [0.2, 0.25) is 0 Å². The van der Waals surface area contributed by atoms with Crippen LogP contribution in [0.15, 0.2) is 0 Å². The zero-order valence-corrected chi connectivity index (χ0v) is 7.32. The lowest BCUT2D eigenvalue weighted by Crippen LogP contribution is -2.58. The van der Waals surface area contributed by atoms with Crippen LogP contribution in [0.2, 0.25) is 0 Å². The maximum absolute atomic E-state index is 5.53. The Labute approximate surface area is 72.9 Å². The van der Waals surface area contributed by atoms with E-state index < -0.39 is 0 Å². The van der Waals surface area contributed by atoms with Gasteiger partial charge in [-0.05, 0) is 0 Å². The molecule has 0 unspecified atom stereocenters. The standard InChI is InChI=1S/C6H18N6/c7-1-10-4-11(2-8)6-12(3-9)5-10/h1-9H2. The lowest BCUT2D eigenvalue weighted by atomic mass is 10.5. The van der Waals surface area contributed by atoms with Crippen molar-refractivity contribution < 1.29 is 0 Å². The Morgan fingerprint density at radius 2 is 0.917 bits per heavy atom. The van der Waals surface area contributed by atoms with Crippen LogP contribution in [0.5, 0.6) is 0 Å². The summed E-state index contributed by atoms with van der Waals surface area (Å²) in [6, 6.07) is 0. The van der Waals surface area contributed by atoms with E-state index in [-0.39, 0.29) is 0 Å². The minimum absolute atomic E-state index is 0.549. The zero-order chi connectivity index (χ0) is 8.97. The number of hydrogen-bond donors (Lipinski definition) is 3. The summed E-state index contributed by atoms with van der Waals surface area (Å²) in [5, 5.41) is 0. The van der Waals surface area contributed by atoms with E-state index in [2.05, 4.69) is 14.7 Å². The molecule has 1 rings (SSSR count). The van der Waals surface area contributed by atoms with Gasteiger partial charge in [0.05, 0.1) is 20.0 Å². The van der Waals surface area contributed by atoms with Crippen molar-refractivity contribution in [2.45, 2.75) is 0 Å². The largest absolute Gasteiger partial charge is 0.318 e. The van der Waals surface area contributed by atoms with Crippen molar-refractivity contribution in [3.8, 4) is 0 Å². The van der Waals surface area contributed by atoms with Gasteiger partial charge >= 0.3 is 0 Å². The number of hydrogen-bond acceptors (Lipinski definition) is 6. The third kappa shape index (κ3) is 2.37. The fourth-order valence-corrected chi connectivity index (χ4v) is 1.33. The van der Waals surface area contributed by atoms with Gasteiger partial charge in [-0.3, -0.25) is 14.7 Å². The molecule has 0 aromatic carbocycles. The summed E-state index contributed by atoms with van der Waals surface area (Å²) in [6.07, 6.45) is 0. The normalized spacial score (nSPS) is 23.2. The van der Waals surface area contributed by atoms with E-state index in [4.69, 9.17) is 17.2 Å². The molecule has 0 aliphatic carbocycles. The molecule has 0 spiro atoms. The zero-order valence-electron chi connectivity index (χ0n) is 7.32. The average molecular weight is 174 g/mol. The summed E-state index contributed by atoms with van der Waals surface area (Å²) in [5.41, 5.74) is 16.6. The molecule has 6 N–H and O–H groups in total. The highest BCUT2D eigenvalue weighted by atomic mass is 15.5. The molecule has 1 saturated heterocycles. The van der Waals surface area contributed by atoms with E-state index in [1.807, 2.05) is 0 Å². The minimum Gasteiger partial charge on any atom is -0.318 e. The van der Waals surface area contributed by atoms with Gasteiger partial charge < -0.3 is 17.2 Å². The van der Waals surface area contributed by atoms with Crippen molar-refractivity contribution in [3.05, 3.63) is 0 Å². The van der Waals surface area contributed by atoms with Gasteiger partial charge in [-0.2, -0.15) is 0 Å². The first-order chi connectivity index (χ1) is 5.80. The lowest BCUT2D eigenvalue weighted by molar-refractivity contribution is -0.0255. The maximum Gasteiger partial charge on any atom is 0.0554 e. The third-order valence-electron chi connectivity index (χ3n) is 1.97. The molecule has 6 heteroatoms. The van der Waals surface area contributed by atoms with Crippen LogP contribution in [-0.4, -0.2) is 54.7 Å². The van der Waals surface area contributed by atoms with Gasteiger partial charge in [-0.15, -0.1) is 0 Å². The Hall–Kier alpha value is -0.240. The van der Waals surface area contributed by atoms with Crippen molar-refractivity contribution in [2.75, 3.05) is 40.0 Å². The molecule has 0 amide bonds. The molecule has 12 heavy (non-hydrogen) atoms. The van der Waals surface area contributed by atoms with Gasteiger partial charge in [-0.25, -0.2) is 0 Å². The quantitative estimate of drug-likeness (QED) is 0.439. The van der Waals surface area contributed by atoms with E-state index in [0.29, 0.717) is 20.0 Å². The summed E-state index contributed by atoms with van der Waals surface area (Å²) in [5.74, 6) is 0. The van der Waals surface area contributed by atoms with Crippen LogP contribution in [-0.2, 0) is 0 Å². The highest BCUT2D eigenvalue weighted by Crippen LogP contribution is 2.02. The Balaban J connectivity index is 2.41. The first-order valence-electron chi connectivity index (χ1n) is 4.07. The van der Waals surface area contributed by atoms with Gasteiger partial charge in [0.15, 0.2) is 0 Å². The summed E-state index contributed by atoms with van der Waals surface area (Å²) < 4.78 is 0. The average Bonchev–Trinajstić information content (AvgIpc) is 2.16. The monoisotopic (exact) mass is 174 g/mol. The van der Waals surface area contributed by atoms with Crippen LogP contribution in [0, 0.1) is 0 Å². The molecule has 1 fully saturated rings. The van der Waals surface area contributed by atoms with Gasteiger partial charge in [-0.1, -0.05) is 0 Å². The summed E-state index contributed by atoms with van der Waals surface area (Å²) in [6.45, 7) is 4.16. The van der Waals surface area contributed by atoms with E-state index in [1.165, 1.54) is 0 Å². The first-order valence-corrected chi connectivity index (χ1v) is 4.07. The molecule has 0 atom stereocenters. The van der Waals surface area contributed by atoms with Gasteiger partial charge in [0, 0.05) is 20.0 Å². The second kappa shape index (κ2) is 4.70. The van der Waals surface area contributed by atoms with Crippen LogP contribution >= 0.6 is 0 Å². The Morgan fingerprint density at radius 1 is 0.667 bits per heavy atom. The summed E-state index contributed by atoms with van der Waals surface area (Å²) in [4.78, 5) is 6.26. The minimum atomic E-state index is 0.549. The van der Waals surface area contributed by atoms with Gasteiger partial charge in [0.25, 0.3) is 0 Å². The van der Waals surface area contributed by atoms with E-state index in [0.717, 1.165) is 20.0 Å². The number of rotatable bonds is 3. The smallest absolute Gasteiger partial charge is 0.0554 e. The number of nitrogens with zero attached hydrogens (tertiary/aromatic N) is 3. The second-order valence-electron chi connectivity index (χ2n) is 2.98. The van der Waals surface area contributed by atoms with E-state index in [9.17, 15) is 0 Å². The van der Waals surface area contributed by atoms with Crippen molar-refractivity contribution in [1.29, 1.82) is 0 Å². The van der Waals surface area contributed by atoms with Crippen molar-refractivity contribution in [3.63, 3.8) is 0 Å². The van der Waals surface area contributed by atoms with E-state index in [1.54, 1.807) is 0 Å². The molecule has 1 aliphatic heterocycles. The molecular weight excluding hydrogens is 156 g/mol. The Morgan fingerprint density at radius 3 is 1.08 bits per heavy atom.